The fourth-order valence-corrected chi connectivity index (χ4v) is 4.45. The monoisotopic (exact) mass is 320 g/mol. The van der Waals surface area contributed by atoms with Crippen LogP contribution in [0.4, 0.5) is 0 Å². The highest BCUT2D eigenvalue weighted by Crippen LogP contribution is 2.22. The third kappa shape index (κ3) is 5.49. The van der Waals surface area contributed by atoms with Crippen molar-refractivity contribution < 1.29 is 13.2 Å². The summed E-state index contributed by atoms with van der Waals surface area (Å²) in [5, 5.41) is 5.05. The van der Waals surface area contributed by atoms with Gasteiger partial charge in [-0.25, -0.2) is 13.1 Å². The lowest BCUT2D eigenvalue weighted by Gasteiger charge is -2.14. The molecular weight excluding hydrogens is 296 g/mol. The molecule has 0 fully saturated rings. The van der Waals surface area contributed by atoms with Gasteiger partial charge in [0.15, 0.2) is 0 Å². The van der Waals surface area contributed by atoms with Crippen LogP contribution in [0.15, 0.2) is 16.3 Å². The van der Waals surface area contributed by atoms with E-state index < -0.39 is 10.0 Å². The van der Waals surface area contributed by atoms with Gasteiger partial charge in [0.1, 0.15) is 0 Å². The first-order chi connectivity index (χ1) is 9.51. The lowest BCUT2D eigenvalue weighted by atomic mass is 10.3. The van der Waals surface area contributed by atoms with E-state index in [1.165, 1.54) is 11.3 Å². The first-order valence-corrected chi connectivity index (χ1v) is 9.16. The van der Waals surface area contributed by atoms with Crippen molar-refractivity contribution in [2.24, 2.45) is 0 Å². The van der Waals surface area contributed by atoms with Crippen molar-refractivity contribution in [2.75, 3.05) is 20.3 Å². The molecule has 2 N–H and O–H groups in total. The highest BCUT2D eigenvalue weighted by molar-refractivity contribution is 7.89. The molecule has 1 aromatic heterocycles. The van der Waals surface area contributed by atoms with Crippen LogP contribution in [-0.2, 0) is 21.3 Å². The van der Waals surface area contributed by atoms with Crippen LogP contribution in [0.5, 0.6) is 0 Å². The van der Waals surface area contributed by atoms with E-state index in [4.69, 9.17) is 4.74 Å². The molecule has 1 unspecified atom stereocenters. The summed E-state index contributed by atoms with van der Waals surface area (Å²) < 4.78 is 32.4. The number of nitrogens with one attached hydrogen (secondary N) is 2. The van der Waals surface area contributed by atoms with Crippen LogP contribution in [0.25, 0.3) is 0 Å². The van der Waals surface area contributed by atoms with Crippen molar-refractivity contribution in [1.82, 2.24) is 10.0 Å². The Labute approximate surface area is 125 Å². The minimum absolute atomic E-state index is 0.142. The van der Waals surface area contributed by atoms with Gasteiger partial charge in [-0.1, -0.05) is 6.92 Å². The van der Waals surface area contributed by atoms with Crippen LogP contribution in [0.2, 0.25) is 0 Å². The molecule has 1 heterocycles. The van der Waals surface area contributed by atoms with Gasteiger partial charge in [0.2, 0.25) is 10.0 Å². The van der Waals surface area contributed by atoms with Crippen LogP contribution in [0.1, 0.15) is 31.6 Å². The summed E-state index contributed by atoms with van der Waals surface area (Å²) in [5.41, 5.74) is 0. The molecule has 116 valence electrons. The Hall–Kier alpha value is -0.470. The molecule has 0 aliphatic carbocycles. The predicted octanol–water partition coefficient (Wildman–Crippen LogP) is 1.95. The van der Waals surface area contributed by atoms with Gasteiger partial charge in [-0.15, -0.1) is 11.3 Å². The fourth-order valence-electron chi connectivity index (χ4n) is 1.76. The van der Waals surface area contributed by atoms with Gasteiger partial charge in [0.25, 0.3) is 0 Å². The van der Waals surface area contributed by atoms with Gasteiger partial charge in [0.05, 0.1) is 4.90 Å². The Balaban J connectivity index is 2.69. The average molecular weight is 320 g/mol. The van der Waals surface area contributed by atoms with Gasteiger partial charge in [-0.3, -0.25) is 0 Å². The van der Waals surface area contributed by atoms with Crippen LogP contribution in [0, 0.1) is 0 Å². The van der Waals surface area contributed by atoms with Crippen molar-refractivity contribution in [3.63, 3.8) is 0 Å². The van der Waals surface area contributed by atoms with E-state index >= 15 is 0 Å². The number of rotatable bonds is 10. The highest BCUT2D eigenvalue weighted by Gasteiger charge is 2.21. The summed E-state index contributed by atoms with van der Waals surface area (Å²) in [4.78, 5) is 1.24. The van der Waals surface area contributed by atoms with E-state index in [9.17, 15) is 8.42 Å². The standard InChI is InChI=1S/C13H24N2O3S2/c1-4-7-14-10-12-13(6-9-19-12)20(16,17)15-11(2)5-8-18-3/h6,9,11,14-15H,4-5,7-8,10H2,1-3H3. The van der Waals surface area contributed by atoms with Crippen LogP contribution < -0.4 is 10.0 Å². The molecular formula is C13H24N2O3S2. The van der Waals surface area contributed by atoms with Crippen LogP contribution >= 0.6 is 11.3 Å². The third-order valence-electron chi connectivity index (χ3n) is 2.82. The molecule has 0 spiro atoms. The molecule has 0 aliphatic rings. The van der Waals surface area contributed by atoms with E-state index in [2.05, 4.69) is 17.0 Å². The molecule has 1 aromatic rings. The van der Waals surface area contributed by atoms with Gasteiger partial charge in [-0.2, -0.15) is 0 Å². The third-order valence-corrected chi connectivity index (χ3v) is 5.54. The van der Waals surface area contributed by atoms with Crippen LogP contribution in [-0.4, -0.2) is 34.7 Å². The zero-order valence-electron chi connectivity index (χ0n) is 12.3. The quantitative estimate of drug-likeness (QED) is 0.647. The molecule has 1 rings (SSSR count). The summed E-state index contributed by atoms with van der Waals surface area (Å²) in [6, 6.07) is 1.52. The zero-order chi connectivity index (χ0) is 15.0. The maximum atomic E-state index is 12.3. The Morgan fingerprint density at radius 2 is 2.20 bits per heavy atom. The molecule has 20 heavy (non-hydrogen) atoms. The maximum Gasteiger partial charge on any atom is 0.241 e. The number of sulfonamides is 1. The lowest BCUT2D eigenvalue weighted by molar-refractivity contribution is 0.188. The van der Waals surface area contributed by atoms with Crippen molar-refractivity contribution in [3.8, 4) is 0 Å². The number of thiophene rings is 1. The Kier molecular flexibility index (Phi) is 7.68. The number of hydrogen-bond acceptors (Lipinski definition) is 5. The van der Waals surface area contributed by atoms with Crippen molar-refractivity contribution in [2.45, 2.75) is 44.2 Å². The summed E-state index contributed by atoms with van der Waals surface area (Å²) in [6.45, 7) is 5.94. The smallest absolute Gasteiger partial charge is 0.241 e. The van der Waals surface area contributed by atoms with Crippen molar-refractivity contribution in [3.05, 3.63) is 16.3 Å². The summed E-state index contributed by atoms with van der Waals surface area (Å²) >= 11 is 1.47. The molecule has 1 atom stereocenters. The molecule has 7 heteroatoms. The van der Waals surface area contributed by atoms with Crippen molar-refractivity contribution >= 4 is 21.4 Å². The average Bonchev–Trinajstić information content (AvgIpc) is 2.85. The first-order valence-electron chi connectivity index (χ1n) is 6.79. The van der Waals surface area contributed by atoms with E-state index in [-0.39, 0.29) is 6.04 Å². The normalized spacial score (nSPS) is 13.6. The predicted molar refractivity (Wildman–Crippen MR) is 82.6 cm³/mol. The lowest BCUT2D eigenvalue weighted by Crippen LogP contribution is -2.33. The largest absolute Gasteiger partial charge is 0.385 e. The van der Waals surface area contributed by atoms with Gasteiger partial charge >= 0.3 is 0 Å². The molecule has 0 saturated carbocycles. The van der Waals surface area contributed by atoms with E-state index in [1.807, 2.05) is 12.3 Å². The minimum atomic E-state index is -3.45. The Morgan fingerprint density at radius 1 is 1.45 bits per heavy atom. The zero-order valence-corrected chi connectivity index (χ0v) is 13.9. The summed E-state index contributed by atoms with van der Waals surface area (Å²) in [7, 11) is -1.84. The molecule has 0 amide bonds. The highest BCUT2D eigenvalue weighted by atomic mass is 32.2. The Morgan fingerprint density at radius 3 is 2.85 bits per heavy atom. The number of ether oxygens (including phenoxy) is 1. The Bertz CT molecular complexity index is 486. The topological polar surface area (TPSA) is 67.4 Å². The second-order valence-corrected chi connectivity index (χ2v) is 7.37. The van der Waals surface area contributed by atoms with Crippen molar-refractivity contribution in [1.29, 1.82) is 0 Å². The van der Waals surface area contributed by atoms with Crippen LogP contribution in [0.3, 0.4) is 0 Å². The number of hydrogen-bond donors (Lipinski definition) is 2. The SMILES string of the molecule is CCCNCc1sccc1S(=O)(=O)NC(C)CCOC. The molecule has 0 aromatic carbocycles. The molecule has 0 aliphatic heterocycles. The second-order valence-electron chi connectivity index (χ2n) is 4.69. The molecule has 0 radical (unpaired) electrons. The van der Waals surface area contributed by atoms with E-state index in [0.29, 0.717) is 24.5 Å². The van der Waals surface area contributed by atoms with Gasteiger partial charge < -0.3 is 10.1 Å². The van der Waals surface area contributed by atoms with Gasteiger partial charge in [-0.05, 0) is 37.8 Å². The minimum Gasteiger partial charge on any atom is -0.385 e. The van der Waals surface area contributed by atoms with E-state index in [1.54, 1.807) is 13.2 Å². The summed E-state index contributed by atoms with van der Waals surface area (Å²) in [5.74, 6) is 0. The maximum absolute atomic E-state index is 12.3. The number of methoxy groups -OCH3 is 1. The second kappa shape index (κ2) is 8.74. The van der Waals surface area contributed by atoms with Gasteiger partial charge in [0, 0.05) is 31.2 Å². The van der Waals surface area contributed by atoms with E-state index in [0.717, 1.165) is 17.8 Å². The fraction of sp³-hybridized carbons (Fsp3) is 0.692. The first kappa shape index (κ1) is 17.6. The molecule has 0 bridgehead atoms. The molecule has 5 nitrogen and oxygen atoms in total. The molecule has 0 saturated heterocycles. The summed E-state index contributed by atoms with van der Waals surface area (Å²) in [6.07, 6.45) is 1.68.